The fraction of sp³-hybridized carbons (Fsp3) is 0.387. The van der Waals surface area contributed by atoms with Gasteiger partial charge < -0.3 is 15.2 Å². The number of nitrogens with one attached hydrogen (secondary N) is 2. The largest absolute Gasteiger partial charge is 0.356 e. The first-order valence-corrected chi connectivity index (χ1v) is 14.6. The molecule has 0 spiro atoms. The van der Waals surface area contributed by atoms with E-state index in [1.165, 1.54) is 0 Å². The number of aromatic nitrogens is 2. The standard InChI is InChI=1S/C31H28Cl2FN5O/c1-15-21-13-24(25-12-18-11-19(14-36-18)39(25)31(40)16-7-8-16)38-29(21)22-10-17(4-3-9-35)26(28(34)30(22)37-15)20-5-2-6-23(32)27(20)33/h2,5-6,10,13,16,18-19,25,36,38H,3-4,7-8,11-12,14H2,1H3. The number of carbonyl (C=O) groups excluding carboxylic acids is 1. The summed E-state index contributed by atoms with van der Waals surface area (Å²) in [5.41, 5.74) is 4.17. The number of aromatic amines is 1. The Hall–Kier alpha value is -3.18. The average Bonchev–Trinajstić information content (AvgIpc) is 3.59. The van der Waals surface area contributed by atoms with Gasteiger partial charge in [-0.3, -0.25) is 4.79 Å². The number of halogens is 3. The maximum absolute atomic E-state index is 16.5. The lowest BCUT2D eigenvalue weighted by Crippen LogP contribution is -2.47. The van der Waals surface area contributed by atoms with E-state index in [1.807, 2.05) is 13.0 Å². The Balaban J connectivity index is 1.42. The van der Waals surface area contributed by atoms with Gasteiger partial charge >= 0.3 is 0 Å². The van der Waals surface area contributed by atoms with Crippen LogP contribution in [-0.2, 0) is 11.2 Å². The van der Waals surface area contributed by atoms with Gasteiger partial charge in [-0.1, -0.05) is 35.3 Å². The van der Waals surface area contributed by atoms with Crippen molar-refractivity contribution in [2.75, 3.05) is 6.54 Å². The van der Waals surface area contributed by atoms with E-state index in [9.17, 15) is 10.1 Å². The van der Waals surface area contributed by atoms with Gasteiger partial charge in [0.05, 0.1) is 27.7 Å². The Bertz CT molecular complexity index is 1740. The van der Waals surface area contributed by atoms with Crippen molar-refractivity contribution >= 4 is 50.9 Å². The zero-order valence-corrected chi connectivity index (χ0v) is 23.5. The van der Waals surface area contributed by atoms with Crippen molar-refractivity contribution < 1.29 is 9.18 Å². The molecule has 6 nitrogen and oxygen atoms in total. The van der Waals surface area contributed by atoms with Crippen LogP contribution in [0.1, 0.15) is 55.1 Å². The number of H-pyrrole nitrogens is 1. The number of pyridine rings is 1. The minimum absolute atomic E-state index is 0.0684. The van der Waals surface area contributed by atoms with Crippen molar-refractivity contribution in [1.29, 1.82) is 5.26 Å². The number of hydrogen-bond donors (Lipinski definition) is 2. The average molecular weight is 577 g/mol. The van der Waals surface area contributed by atoms with Gasteiger partial charge in [-0.15, -0.1) is 0 Å². The second-order valence-electron chi connectivity index (χ2n) is 11.4. The number of nitrogens with zero attached hydrogens (tertiary/aromatic N) is 3. The van der Waals surface area contributed by atoms with Crippen LogP contribution < -0.4 is 5.32 Å². The van der Waals surface area contributed by atoms with E-state index >= 15 is 4.39 Å². The summed E-state index contributed by atoms with van der Waals surface area (Å²) in [5.74, 6) is -0.0913. The molecule has 9 heteroatoms. The van der Waals surface area contributed by atoms with E-state index in [2.05, 4.69) is 27.3 Å². The number of carbonyl (C=O) groups is 1. The maximum atomic E-state index is 16.5. The molecule has 204 valence electrons. The monoisotopic (exact) mass is 575 g/mol. The molecule has 7 rings (SSSR count). The minimum atomic E-state index is -0.485. The van der Waals surface area contributed by atoms with Crippen LogP contribution in [0, 0.1) is 30.0 Å². The molecule has 2 aromatic heterocycles. The molecule has 3 atom stereocenters. The summed E-state index contributed by atoms with van der Waals surface area (Å²) in [6.45, 7) is 2.71. The van der Waals surface area contributed by atoms with Crippen LogP contribution in [0.3, 0.4) is 0 Å². The lowest BCUT2D eigenvalue weighted by atomic mass is 9.92. The quantitative estimate of drug-likeness (QED) is 0.268. The van der Waals surface area contributed by atoms with Crippen molar-refractivity contribution in [3.05, 3.63) is 63.1 Å². The number of rotatable bonds is 5. The predicted octanol–water partition coefficient (Wildman–Crippen LogP) is 7.01. The van der Waals surface area contributed by atoms with E-state index in [0.29, 0.717) is 45.3 Å². The Morgan fingerprint density at radius 3 is 2.83 bits per heavy atom. The van der Waals surface area contributed by atoms with E-state index in [4.69, 9.17) is 28.2 Å². The normalized spacial score (nSPS) is 22.3. The summed E-state index contributed by atoms with van der Waals surface area (Å²) in [4.78, 5) is 23.9. The topological polar surface area (TPSA) is 84.8 Å². The van der Waals surface area contributed by atoms with Crippen LogP contribution in [0.25, 0.3) is 32.9 Å². The third-order valence-corrected chi connectivity index (χ3v) is 9.62. The molecule has 2 saturated heterocycles. The van der Waals surface area contributed by atoms with Crippen LogP contribution in [0.15, 0.2) is 30.3 Å². The summed E-state index contributed by atoms with van der Waals surface area (Å²) in [6.07, 6.45) is 4.34. The highest BCUT2D eigenvalue weighted by molar-refractivity contribution is 6.43. The molecule has 4 aromatic rings. The predicted molar refractivity (Wildman–Crippen MR) is 155 cm³/mol. The number of amides is 1. The molecule has 3 fully saturated rings. The van der Waals surface area contributed by atoms with Crippen molar-refractivity contribution in [1.82, 2.24) is 20.2 Å². The summed E-state index contributed by atoms with van der Waals surface area (Å²) in [5, 5.41) is 15.1. The number of likely N-dealkylation sites (tertiary alicyclic amines) is 1. The Morgan fingerprint density at radius 1 is 1.23 bits per heavy atom. The maximum Gasteiger partial charge on any atom is 0.226 e. The zero-order chi connectivity index (χ0) is 27.7. The van der Waals surface area contributed by atoms with Crippen LogP contribution in [0.2, 0.25) is 10.0 Å². The molecule has 2 bridgehead atoms. The highest BCUT2D eigenvalue weighted by Crippen LogP contribution is 2.44. The van der Waals surface area contributed by atoms with Gasteiger partial charge in [-0.2, -0.15) is 5.26 Å². The summed E-state index contributed by atoms with van der Waals surface area (Å²) in [7, 11) is 0. The number of nitriles is 1. The third kappa shape index (κ3) is 4.08. The minimum Gasteiger partial charge on any atom is -0.356 e. The molecule has 2 N–H and O–H groups in total. The molecule has 3 aliphatic rings. The molecule has 40 heavy (non-hydrogen) atoms. The number of fused-ring (bicyclic) bond motifs is 5. The number of piperidine rings is 1. The van der Waals surface area contributed by atoms with Gasteiger partial charge in [-0.05, 0) is 62.8 Å². The summed E-state index contributed by atoms with van der Waals surface area (Å²) >= 11 is 12.8. The Morgan fingerprint density at radius 2 is 2.05 bits per heavy atom. The van der Waals surface area contributed by atoms with Crippen molar-refractivity contribution in [2.45, 2.75) is 63.6 Å². The van der Waals surface area contributed by atoms with Crippen LogP contribution in [0.5, 0.6) is 0 Å². The fourth-order valence-electron chi connectivity index (χ4n) is 6.73. The molecule has 2 aliphatic heterocycles. The van der Waals surface area contributed by atoms with Gasteiger partial charge in [0.25, 0.3) is 0 Å². The highest BCUT2D eigenvalue weighted by Gasteiger charge is 2.47. The van der Waals surface area contributed by atoms with Gasteiger partial charge in [0.15, 0.2) is 5.82 Å². The highest BCUT2D eigenvalue weighted by atomic mass is 35.5. The molecular weight excluding hydrogens is 548 g/mol. The molecule has 1 aliphatic carbocycles. The SMILES string of the molecule is Cc1nc2c(F)c(-c3cccc(Cl)c3Cl)c(CCC#N)cc2c2[nH]c(C3CC4CC(CN4)N3C(=O)C3CC3)cc12. The molecule has 1 saturated carbocycles. The Labute approximate surface area is 241 Å². The molecule has 3 unspecified atom stereocenters. The van der Waals surface area contributed by atoms with E-state index in [-0.39, 0.29) is 40.9 Å². The van der Waals surface area contributed by atoms with Gasteiger partial charge in [-0.25, -0.2) is 9.37 Å². The number of benzene rings is 2. The third-order valence-electron chi connectivity index (χ3n) is 8.80. The van der Waals surface area contributed by atoms with Crippen LogP contribution in [-0.4, -0.2) is 39.4 Å². The first-order valence-electron chi connectivity index (χ1n) is 13.9. The summed E-state index contributed by atoms with van der Waals surface area (Å²) in [6, 6.07) is 11.8. The molecule has 1 amide bonds. The zero-order valence-electron chi connectivity index (χ0n) is 22.0. The smallest absolute Gasteiger partial charge is 0.226 e. The van der Waals surface area contributed by atoms with Crippen LogP contribution in [0.4, 0.5) is 4.39 Å². The van der Waals surface area contributed by atoms with E-state index in [0.717, 1.165) is 48.8 Å². The van der Waals surface area contributed by atoms with Gasteiger partial charge in [0, 0.05) is 64.3 Å². The fourth-order valence-corrected chi connectivity index (χ4v) is 7.12. The van der Waals surface area contributed by atoms with Crippen molar-refractivity contribution in [2.24, 2.45) is 5.92 Å². The van der Waals surface area contributed by atoms with Crippen molar-refractivity contribution in [3.63, 3.8) is 0 Å². The van der Waals surface area contributed by atoms with Crippen LogP contribution >= 0.6 is 23.2 Å². The molecule has 4 heterocycles. The molecule has 2 aromatic carbocycles. The van der Waals surface area contributed by atoms with Gasteiger partial charge in [0.1, 0.15) is 5.52 Å². The summed E-state index contributed by atoms with van der Waals surface area (Å²) < 4.78 is 16.5. The lowest BCUT2D eigenvalue weighted by Gasteiger charge is -2.40. The number of hydrogen-bond acceptors (Lipinski definition) is 4. The lowest BCUT2D eigenvalue weighted by molar-refractivity contribution is -0.138. The number of aryl methyl sites for hydroxylation is 2. The van der Waals surface area contributed by atoms with E-state index in [1.54, 1.807) is 18.2 Å². The second-order valence-corrected chi connectivity index (χ2v) is 12.1. The second kappa shape index (κ2) is 9.73. The van der Waals surface area contributed by atoms with Gasteiger partial charge in [0.2, 0.25) is 5.91 Å². The van der Waals surface area contributed by atoms with Crippen molar-refractivity contribution in [3.8, 4) is 17.2 Å². The first-order chi connectivity index (χ1) is 19.4. The molecular formula is C31H28Cl2FN5O. The Kier molecular flexibility index (Phi) is 6.27. The molecule has 0 radical (unpaired) electrons. The van der Waals surface area contributed by atoms with E-state index < -0.39 is 5.82 Å². The first kappa shape index (κ1) is 25.8.